The zero-order valence-electron chi connectivity index (χ0n) is 18.6. The van der Waals surface area contributed by atoms with Gasteiger partial charge >= 0.3 is 0 Å². The van der Waals surface area contributed by atoms with Gasteiger partial charge in [-0.2, -0.15) is 0 Å². The molecule has 6 heteroatoms. The Labute approximate surface area is 201 Å². The molecule has 5 rings (SSSR count). The summed E-state index contributed by atoms with van der Waals surface area (Å²) in [5.74, 6) is 0.691. The van der Waals surface area contributed by atoms with Crippen LogP contribution >= 0.6 is 15.9 Å². The summed E-state index contributed by atoms with van der Waals surface area (Å²) < 4.78 is 8.79. The third-order valence-electron chi connectivity index (χ3n) is 6.16. The minimum absolute atomic E-state index is 0.0386. The van der Waals surface area contributed by atoms with Crippen LogP contribution in [0.5, 0.6) is 0 Å². The van der Waals surface area contributed by atoms with Crippen molar-refractivity contribution in [2.24, 2.45) is 0 Å². The van der Waals surface area contributed by atoms with Crippen molar-refractivity contribution in [3.63, 3.8) is 0 Å². The second-order valence-electron chi connectivity index (χ2n) is 8.54. The van der Waals surface area contributed by atoms with Crippen LogP contribution in [0.1, 0.15) is 11.1 Å². The summed E-state index contributed by atoms with van der Waals surface area (Å²) >= 11 is 3.50. The quantitative estimate of drug-likeness (QED) is 0.383. The number of halogens is 1. The van der Waals surface area contributed by atoms with E-state index in [4.69, 9.17) is 9.72 Å². The van der Waals surface area contributed by atoms with E-state index < -0.39 is 0 Å². The first-order chi connectivity index (χ1) is 16.1. The molecule has 0 bridgehead atoms. The lowest BCUT2D eigenvalue weighted by molar-refractivity contribution is -0.0390. The monoisotopic (exact) mass is 503 g/mol. The van der Waals surface area contributed by atoms with Crippen molar-refractivity contribution in [2.45, 2.75) is 26.1 Å². The minimum atomic E-state index is -0.0886. The maximum Gasteiger partial charge on any atom is 0.261 e. The fourth-order valence-corrected chi connectivity index (χ4v) is 4.83. The van der Waals surface area contributed by atoms with Crippen LogP contribution in [0.25, 0.3) is 22.3 Å². The van der Waals surface area contributed by atoms with Gasteiger partial charge in [0.2, 0.25) is 0 Å². The van der Waals surface area contributed by atoms with E-state index in [0.29, 0.717) is 29.9 Å². The van der Waals surface area contributed by atoms with E-state index in [1.807, 2.05) is 42.5 Å². The average Bonchev–Trinajstić information content (AvgIpc) is 2.83. The van der Waals surface area contributed by atoms with E-state index in [0.717, 1.165) is 35.2 Å². The molecule has 4 aromatic rings. The molecule has 1 aliphatic heterocycles. The van der Waals surface area contributed by atoms with Crippen molar-refractivity contribution in [3.05, 3.63) is 98.7 Å². The lowest BCUT2D eigenvalue weighted by atomic mass is 10.1. The van der Waals surface area contributed by atoms with E-state index >= 15 is 0 Å². The molecule has 2 heterocycles. The molecule has 1 unspecified atom stereocenters. The van der Waals surface area contributed by atoms with Crippen LogP contribution in [0.3, 0.4) is 0 Å². The Hall–Kier alpha value is -2.80. The van der Waals surface area contributed by atoms with Gasteiger partial charge in [-0.25, -0.2) is 4.98 Å². The summed E-state index contributed by atoms with van der Waals surface area (Å²) in [6.07, 6.45) is -0.0886. The molecule has 1 atom stereocenters. The highest BCUT2D eigenvalue weighted by molar-refractivity contribution is 9.10. The van der Waals surface area contributed by atoms with Gasteiger partial charge in [0.15, 0.2) is 0 Å². The fourth-order valence-electron chi connectivity index (χ4n) is 4.47. The molecular weight excluding hydrogens is 478 g/mol. The van der Waals surface area contributed by atoms with Crippen LogP contribution in [0.2, 0.25) is 0 Å². The van der Waals surface area contributed by atoms with E-state index in [1.54, 1.807) is 4.57 Å². The molecule has 0 amide bonds. The molecule has 0 N–H and O–H groups in total. The van der Waals surface area contributed by atoms with Gasteiger partial charge in [0, 0.05) is 29.7 Å². The molecule has 1 aliphatic rings. The average molecular weight is 504 g/mol. The first-order valence-corrected chi connectivity index (χ1v) is 12.0. The van der Waals surface area contributed by atoms with Crippen molar-refractivity contribution in [1.82, 2.24) is 14.5 Å². The lowest BCUT2D eigenvalue weighted by Gasteiger charge is -2.33. The summed E-state index contributed by atoms with van der Waals surface area (Å²) in [5.41, 5.74) is 4.01. The number of rotatable bonds is 5. The number of fused-ring (bicyclic) bond motifs is 1. The molecule has 0 aliphatic carbocycles. The van der Waals surface area contributed by atoms with Crippen LogP contribution in [0.4, 0.5) is 0 Å². The molecule has 168 valence electrons. The van der Waals surface area contributed by atoms with Gasteiger partial charge < -0.3 is 4.74 Å². The molecule has 33 heavy (non-hydrogen) atoms. The molecule has 0 radical (unpaired) electrons. The van der Waals surface area contributed by atoms with Crippen LogP contribution in [0.15, 0.2) is 82.1 Å². The molecule has 5 nitrogen and oxygen atoms in total. The van der Waals surface area contributed by atoms with Gasteiger partial charge in [-0.05, 0) is 36.2 Å². The van der Waals surface area contributed by atoms with Crippen LogP contribution in [-0.2, 0) is 17.8 Å². The SMILES string of the molecule is Cc1ccccc1-c1nc2ccc(Br)cc2c(=O)n1CC1CN(Cc2ccccc2)CCO1. The van der Waals surface area contributed by atoms with Crippen molar-refractivity contribution in [3.8, 4) is 11.4 Å². The highest BCUT2D eigenvalue weighted by Crippen LogP contribution is 2.25. The van der Waals surface area contributed by atoms with Gasteiger partial charge in [0.05, 0.1) is 30.2 Å². The van der Waals surface area contributed by atoms with E-state index in [2.05, 4.69) is 58.1 Å². The molecule has 1 aromatic heterocycles. The highest BCUT2D eigenvalue weighted by atomic mass is 79.9. The lowest BCUT2D eigenvalue weighted by Crippen LogP contribution is -2.45. The third kappa shape index (κ3) is 4.78. The van der Waals surface area contributed by atoms with E-state index in [-0.39, 0.29) is 11.7 Å². The number of hydrogen-bond acceptors (Lipinski definition) is 4. The highest BCUT2D eigenvalue weighted by Gasteiger charge is 2.24. The van der Waals surface area contributed by atoms with Crippen LogP contribution in [-0.4, -0.2) is 40.3 Å². The summed E-state index contributed by atoms with van der Waals surface area (Å²) in [6.45, 7) is 5.69. The van der Waals surface area contributed by atoms with Crippen LogP contribution < -0.4 is 5.56 Å². The Balaban J connectivity index is 1.51. The topological polar surface area (TPSA) is 47.4 Å². The number of aryl methyl sites for hydroxylation is 1. The Morgan fingerprint density at radius 3 is 2.67 bits per heavy atom. The standard InChI is InChI=1S/C27H26BrN3O2/c1-19-7-5-6-10-23(19)26-29-25-12-11-21(28)15-24(25)27(32)31(26)18-22-17-30(13-14-33-22)16-20-8-3-2-4-9-20/h2-12,15,22H,13-14,16-18H2,1H3. The van der Waals surface area contributed by atoms with Gasteiger partial charge in [-0.15, -0.1) is 0 Å². The van der Waals surface area contributed by atoms with Crippen LogP contribution in [0, 0.1) is 6.92 Å². The molecular formula is C27H26BrN3O2. The van der Waals surface area contributed by atoms with Gasteiger partial charge in [0.25, 0.3) is 5.56 Å². The Morgan fingerprint density at radius 2 is 1.85 bits per heavy atom. The number of ether oxygens (including phenoxy) is 1. The van der Waals surface area contributed by atoms with Gasteiger partial charge in [-0.1, -0.05) is 70.5 Å². The number of benzene rings is 3. The van der Waals surface area contributed by atoms with Gasteiger partial charge in [-0.3, -0.25) is 14.3 Å². The fraction of sp³-hybridized carbons (Fsp3) is 0.259. The van der Waals surface area contributed by atoms with Crippen molar-refractivity contribution in [1.29, 1.82) is 0 Å². The molecule has 0 spiro atoms. The van der Waals surface area contributed by atoms with Gasteiger partial charge in [0.1, 0.15) is 5.82 Å². The first kappa shape index (κ1) is 22.0. The summed E-state index contributed by atoms with van der Waals surface area (Å²) in [6, 6.07) is 24.2. The minimum Gasteiger partial charge on any atom is -0.374 e. The molecule has 0 saturated carbocycles. The number of hydrogen-bond donors (Lipinski definition) is 0. The summed E-state index contributed by atoms with van der Waals surface area (Å²) in [7, 11) is 0. The summed E-state index contributed by atoms with van der Waals surface area (Å²) in [4.78, 5) is 21.0. The molecule has 1 saturated heterocycles. The van der Waals surface area contributed by atoms with E-state index in [1.165, 1.54) is 5.56 Å². The maximum atomic E-state index is 13.7. The summed E-state index contributed by atoms with van der Waals surface area (Å²) in [5, 5.41) is 0.610. The third-order valence-corrected chi connectivity index (χ3v) is 6.65. The zero-order chi connectivity index (χ0) is 22.8. The Morgan fingerprint density at radius 1 is 1.06 bits per heavy atom. The smallest absolute Gasteiger partial charge is 0.261 e. The number of morpholine rings is 1. The first-order valence-electron chi connectivity index (χ1n) is 11.2. The van der Waals surface area contributed by atoms with Crippen molar-refractivity contribution < 1.29 is 4.74 Å². The predicted octanol–water partition coefficient (Wildman–Crippen LogP) is 5.04. The molecule has 1 fully saturated rings. The molecule has 3 aromatic carbocycles. The number of nitrogens with zero attached hydrogens (tertiary/aromatic N) is 3. The second kappa shape index (κ2) is 9.59. The van der Waals surface area contributed by atoms with Crippen molar-refractivity contribution in [2.75, 3.05) is 19.7 Å². The Bertz CT molecular complexity index is 1340. The van der Waals surface area contributed by atoms with E-state index in [9.17, 15) is 4.79 Å². The van der Waals surface area contributed by atoms with Crippen molar-refractivity contribution >= 4 is 26.8 Å². The Kier molecular flexibility index (Phi) is 6.40. The normalized spacial score (nSPS) is 16.8. The predicted molar refractivity (Wildman–Crippen MR) is 135 cm³/mol. The number of aromatic nitrogens is 2. The zero-order valence-corrected chi connectivity index (χ0v) is 20.2. The largest absolute Gasteiger partial charge is 0.374 e. The maximum absolute atomic E-state index is 13.7. The second-order valence-corrected chi connectivity index (χ2v) is 9.46.